The molecule has 0 fully saturated rings. The van der Waals surface area contributed by atoms with Gasteiger partial charge in [0.25, 0.3) is 0 Å². The fourth-order valence-electron chi connectivity index (χ4n) is 3.41. The van der Waals surface area contributed by atoms with E-state index < -0.39 is 0 Å². The molecule has 0 bridgehead atoms. The van der Waals surface area contributed by atoms with Gasteiger partial charge in [0, 0.05) is 17.4 Å². The molecular weight excluding hydrogens is 270 g/mol. The lowest BCUT2D eigenvalue weighted by Gasteiger charge is -2.07. The van der Waals surface area contributed by atoms with E-state index in [1.807, 2.05) is 12.1 Å². The lowest BCUT2D eigenvalue weighted by atomic mass is 10.0. The van der Waals surface area contributed by atoms with Crippen molar-refractivity contribution in [2.45, 2.75) is 13.0 Å². The average molecular weight is 282 g/mol. The standard InChI is InChI=1S/C16H11NO4/c18-11-3-8-1-2-17-6-9-4-12-13(21-7-20-12)5-10(9)14(15(8)17)16(11)19/h3-6,18H,1-2,7H2/p+1. The maximum absolute atomic E-state index is 10.3. The van der Waals surface area contributed by atoms with Crippen LogP contribution in [0.1, 0.15) is 5.56 Å². The number of hydrogen-bond donors (Lipinski definition) is 2. The molecule has 21 heavy (non-hydrogen) atoms. The zero-order valence-corrected chi connectivity index (χ0v) is 11.1. The second-order valence-electron chi connectivity index (χ2n) is 5.49. The van der Waals surface area contributed by atoms with Gasteiger partial charge in [0.05, 0.1) is 5.39 Å². The van der Waals surface area contributed by atoms with Gasteiger partial charge in [0.1, 0.15) is 5.39 Å². The van der Waals surface area contributed by atoms with Crippen molar-refractivity contribution in [3.8, 4) is 23.0 Å². The highest BCUT2D eigenvalue weighted by Gasteiger charge is 2.29. The van der Waals surface area contributed by atoms with Gasteiger partial charge >= 0.3 is 0 Å². The summed E-state index contributed by atoms with van der Waals surface area (Å²) in [5.74, 6) is 1.24. The maximum Gasteiger partial charge on any atom is 0.231 e. The Morgan fingerprint density at radius 2 is 1.86 bits per heavy atom. The second kappa shape index (κ2) is 3.49. The van der Waals surface area contributed by atoms with Gasteiger partial charge in [-0.3, -0.25) is 0 Å². The van der Waals surface area contributed by atoms with Crippen molar-refractivity contribution in [3.63, 3.8) is 0 Å². The highest BCUT2D eigenvalue weighted by atomic mass is 16.7. The molecule has 0 aliphatic carbocycles. The SMILES string of the molecule is Oc1cc2c3c(c1O)c1cc4c(cc1c[n+]3CC2)OCO4. The first-order valence-electron chi connectivity index (χ1n) is 6.86. The third kappa shape index (κ3) is 1.28. The molecule has 0 radical (unpaired) electrons. The zero-order chi connectivity index (χ0) is 14.1. The summed E-state index contributed by atoms with van der Waals surface area (Å²) in [7, 11) is 0. The van der Waals surface area contributed by atoms with Crippen LogP contribution in [0.5, 0.6) is 23.0 Å². The van der Waals surface area contributed by atoms with Crippen LogP contribution in [0, 0.1) is 0 Å². The molecule has 3 heterocycles. The van der Waals surface area contributed by atoms with Gasteiger partial charge in [0.2, 0.25) is 12.3 Å². The van der Waals surface area contributed by atoms with Crippen molar-refractivity contribution in [2.75, 3.05) is 6.79 Å². The van der Waals surface area contributed by atoms with Gasteiger partial charge in [-0.15, -0.1) is 0 Å². The minimum atomic E-state index is -0.0751. The molecule has 3 aromatic rings. The summed E-state index contributed by atoms with van der Waals surface area (Å²) >= 11 is 0. The fraction of sp³-hybridized carbons (Fsp3) is 0.188. The first-order chi connectivity index (χ1) is 10.2. The number of phenolic OH excluding ortho intramolecular Hbond substituents is 2. The van der Waals surface area contributed by atoms with Crippen LogP contribution in [0.15, 0.2) is 24.4 Å². The largest absolute Gasteiger partial charge is 0.504 e. The van der Waals surface area contributed by atoms with E-state index in [0.717, 1.165) is 34.8 Å². The van der Waals surface area contributed by atoms with Crippen LogP contribution in [0.3, 0.4) is 0 Å². The molecule has 0 saturated carbocycles. The topological polar surface area (TPSA) is 62.8 Å². The fourth-order valence-corrected chi connectivity index (χ4v) is 3.41. The molecule has 5 nitrogen and oxygen atoms in total. The second-order valence-corrected chi connectivity index (χ2v) is 5.49. The number of benzene rings is 2. The number of aryl methyl sites for hydroxylation is 2. The Hall–Kier alpha value is -2.69. The molecule has 2 aliphatic heterocycles. The van der Waals surface area contributed by atoms with E-state index in [0.29, 0.717) is 16.9 Å². The quantitative estimate of drug-likeness (QED) is 0.376. The predicted octanol–water partition coefficient (Wildman–Crippen LogP) is 1.98. The molecular formula is C16H12NO4+. The van der Waals surface area contributed by atoms with Crippen LogP contribution in [0.2, 0.25) is 0 Å². The lowest BCUT2D eigenvalue weighted by Crippen LogP contribution is -2.30. The Balaban J connectivity index is 2.05. The first-order valence-corrected chi connectivity index (χ1v) is 6.86. The Morgan fingerprint density at radius 1 is 1.05 bits per heavy atom. The normalized spacial score (nSPS) is 15.2. The summed E-state index contributed by atoms with van der Waals surface area (Å²) in [6.07, 6.45) is 2.92. The third-order valence-electron chi connectivity index (χ3n) is 4.35. The highest BCUT2D eigenvalue weighted by Crippen LogP contribution is 2.44. The van der Waals surface area contributed by atoms with Gasteiger partial charge in [0.15, 0.2) is 35.7 Å². The summed E-state index contributed by atoms with van der Waals surface area (Å²) in [5, 5.41) is 22.8. The number of hydrogen-bond acceptors (Lipinski definition) is 4. The number of aromatic hydroxyl groups is 2. The molecule has 0 amide bonds. The Labute approximate surface area is 119 Å². The van der Waals surface area contributed by atoms with E-state index in [4.69, 9.17) is 9.47 Å². The monoisotopic (exact) mass is 282 g/mol. The Bertz CT molecular complexity index is 949. The van der Waals surface area contributed by atoms with Gasteiger partial charge < -0.3 is 19.7 Å². The van der Waals surface area contributed by atoms with E-state index in [-0.39, 0.29) is 18.3 Å². The van der Waals surface area contributed by atoms with Crippen molar-refractivity contribution in [1.82, 2.24) is 0 Å². The zero-order valence-electron chi connectivity index (χ0n) is 11.1. The number of pyridine rings is 1. The van der Waals surface area contributed by atoms with Crippen LogP contribution in [0.25, 0.3) is 21.7 Å². The molecule has 2 aliphatic rings. The number of ether oxygens (including phenoxy) is 2. The molecule has 5 rings (SSSR count). The Morgan fingerprint density at radius 3 is 2.71 bits per heavy atom. The lowest BCUT2D eigenvalue weighted by molar-refractivity contribution is -0.662. The summed E-state index contributed by atoms with van der Waals surface area (Å²) in [6.45, 7) is 1.06. The predicted molar refractivity (Wildman–Crippen MR) is 74.8 cm³/mol. The number of nitrogens with zero attached hydrogens (tertiary/aromatic N) is 1. The minimum Gasteiger partial charge on any atom is -0.504 e. The molecule has 0 spiro atoms. The molecule has 0 atom stereocenters. The van der Waals surface area contributed by atoms with Gasteiger partial charge in [-0.25, -0.2) is 0 Å². The Kier molecular flexibility index (Phi) is 1.83. The molecule has 0 saturated heterocycles. The maximum atomic E-state index is 10.3. The van der Waals surface area contributed by atoms with Gasteiger partial charge in [-0.1, -0.05) is 0 Å². The van der Waals surface area contributed by atoms with E-state index in [1.165, 1.54) is 0 Å². The molecule has 2 aromatic carbocycles. The highest BCUT2D eigenvalue weighted by molar-refractivity contribution is 6.10. The number of fused-ring (bicyclic) bond motifs is 3. The number of aromatic nitrogens is 1. The average Bonchev–Trinajstić information content (AvgIpc) is 3.08. The van der Waals surface area contributed by atoms with E-state index in [1.54, 1.807) is 6.07 Å². The van der Waals surface area contributed by atoms with Crippen LogP contribution in [0.4, 0.5) is 0 Å². The molecule has 2 N–H and O–H groups in total. The van der Waals surface area contributed by atoms with Gasteiger partial charge in [-0.2, -0.15) is 4.57 Å². The third-order valence-corrected chi connectivity index (χ3v) is 4.35. The summed E-state index contributed by atoms with van der Waals surface area (Å²) in [4.78, 5) is 0. The smallest absolute Gasteiger partial charge is 0.231 e. The van der Waals surface area contributed by atoms with E-state index in [2.05, 4.69) is 10.8 Å². The van der Waals surface area contributed by atoms with Crippen molar-refractivity contribution < 1.29 is 24.3 Å². The minimum absolute atomic E-state index is 0.0730. The summed E-state index contributed by atoms with van der Waals surface area (Å²) in [6, 6.07) is 5.45. The van der Waals surface area contributed by atoms with Crippen molar-refractivity contribution >= 4 is 21.7 Å². The molecule has 5 heteroatoms. The number of rotatable bonds is 0. The molecule has 0 unspecified atom stereocenters. The summed E-state index contributed by atoms with van der Waals surface area (Å²) in [5.41, 5.74) is 2.04. The first kappa shape index (κ1) is 11.0. The summed E-state index contributed by atoms with van der Waals surface area (Å²) < 4.78 is 13.0. The van der Waals surface area contributed by atoms with E-state index >= 15 is 0 Å². The number of phenols is 2. The van der Waals surface area contributed by atoms with Crippen molar-refractivity contribution in [3.05, 3.63) is 30.0 Å². The van der Waals surface area contributed by atoms with Crippen LogP contribution in [-0.4, -0.2) is 17.0 Å². The van der Waals surface area contributed by atoms with Crippen LogP contribution >= 0.6 is 0 Å². The van der Waals surface area contributed by atoms with Gasteiger partial charge in [-0.05, 0) is 18.2 Å². The van der Waals surface area contributed by atoms with E-state index in [9.17, 15) is 10.2 Å². The van der Waals surface area contributed by atoms with Crippen LogP contribution in [-0.2, 0) is 13.0 Å². The van der Waals surface area contributed by atoms with Crippen LogP contribution < -0.4 is 14.0 Å². The van der Waals surface area contributed by atoms with Crippen molar-refractivity contribution in [2.24, 2.45) is 0 Å². The molecule has 1 aromatic heterocycles. The molecule has 104 valence electrons. The van der Waals surface area contributed by atoms with Crippen molar-refractivity contribution in [1.29, 1.82) is 0 Å².